The molecule has 4 N–H and O–H groups in total. The number of nitrogens with one attached hydrogen (secondary N) is 1. The maximum absolute atomic E-state index is 12.2. The SMILES string of the molecule is CC(C)NC(CSC(C)C(C)O)(C(N)=O)c1ccccc1. The van der Waals surface area contributed by atoms with Gasteiger partial charge in [-0.05, 0) is 26.3 Å². The van der Waals surface area contributed by atoms with Crippen molar-refractivity contribution in [1.82, 2.24) is 5.32 Å². The second-order valence-electron chi connectivity index (χ2n) is 5.69. The van der Waals surface area contributed by atoms with Crippen molar-refractivity contribution in [3.8, 4) is 0 Å². The van der Waals surface area contributed by atoms with Crippen molar-refractivity contribution in [2.45, 2.75) is 50.6 Å². The molecule has 1 rings (SSSR count). The van der Waals surface area contributed by atoms with Gasteiger partial charge in [-0.1, -0.05) is 37.3 Å². The van der Waals surface area contributed by atoms with Crippen LogP contribution >= 0.6 is 11.8 Å². The summed E-state index contributed by atoms with van der Waals surface area (Å²) in [6.45, 7) is 7.68. The standard InChI is InChI=1S/C16H26N2O2S/c1-11(2)18-16(15(17)20,10-21-13(4)12(3)19)14-8-6-5-7-9-14/h5-9,11-13,18-19H,10H2,1-4H3,(H2,17,20). The maximum Gasteiger partial charge on any atom is 0.243 e. The van der Waals surface area contributed by atoms with Crippen LogP contribution < -0.4 is 11.1 Å². The Morgan fingerprint density at radius 2 is 1.86 bits per heavy atom. The predicted molar refractivity (Wildman–Crippen MR) is 89.2 cm³/mol. The Hall–Kier alpha value is -1.04. The van der Waals surface area contributed by atoms with Crippen molar-refractivity contribution in [3.05, 3.63) is 35.9 Å². The molecule has 0 radical (unpaired) electrons. The van der Waals surface area contributed by atoms with Crippen molar-refractivity contribution in [3.63, 3.8) is 0 Å². The molecule has 3 atom stereocenters. The monoisotopic (exact) mass is 310 g/mol. The number of aliphatic hydroxyl groups is 1. The maximum atomic E-state index is 12.2. The molecule has 0 saturated heterocycles. The molecular weight excluding hydrogens is 284 g/mol. The van der Waals surface area contributed by atoms with E-state index in [2.05, 4.69) is 5.32 Å². The highest BCUT2D eigenvalue weighted by atomic mass is 32.2. The van der Waals surface area contributed by atoms with Crippen molar-refractivity contribution in [2.24, 2.45) is 5.73 Å². The van der Waals surface area contributed by atoms with Gasteiger partial charge >= 0.3 is 0 Å². The van der Waals surface area contributed by atoms with Gasteiger partial charge in [0.1, 0.15) is 5.54 Å². The third kappa shape index (κ3) is 4.73. The Bertz CT molecular complexity index is 451. The van der Waals surface area contributed by atoms with Crippen molar-refractivity contribution < 1.29 is 9.90 Å². The molecule has 0 fully saturated rings. The summed E-state index contributed by atoms with van der Waals surface area (Å²) in [5.74, 6) is 0.0871. The molecule has 0 aliphatic carbocycles. The Balaban J connectivity index is 3.11. The number of primary amides is 1. The zero-order valence-corrected chi connectivity index (χ0v) is 14.0. The van der Waals surface area contributed by atoms with E-state index in [0.29, 0.717) is 5.75 Å². The lowest BCUT2D eigenvalue weighted by Crippen LogP contribution is -2.57. The van der Waals surface area contributed by atoms with Crippen LogP contribution in [0.25, 0.3) is 0 Å². The summed E-state index contributed by atoms with van der Waals surface area (Å²) in [5.41, 5.74) is 5.67. The number of carbonyl (C=O) groups excluding carboxylic acids is 1. The summed E-state index contributed by atoms with van der Waals surface area (Å²) in [7, 11) is 0. The second kappa shape index (κ2) is 7.82. The fraction of sp³-hybridized carbons (Fsp3) is 0.562. The molecule has 0 aliphatic rings. The number of carbonyl (C=O) groups is 1. The highest BCUT2D eigenvalue weighted by molar-refractivity contribution is 8.00. The van der Waals surface area contributed by atoms with E-state index < -0.39 is 17.6 Å². The lowest BCUT2D eigenvalue weighted by atomic mass is 9.90. The third-order valence-corrected chi connectivity index (χ3v) is 4.98. The molecule has 0 spiro atoms. The molecule has 1 amide bonds. The molecule has 0 aliphatic heterocycles. The predicted octanol–water partition coefficient (Wildman–Crippen LogP) is 1.87. The van der Waals surface area contributed by atoms with Crippen molar-refractivity contribution in [1.29, 1.82) is 0 Å². The second-order valence-corrected chi connectivity index (χ2v) is 7.06. The molecule has 1 aromatic carbocycles. The van der Waals surface area contributed by atoms with E-state index in [-0.39, 0.29) is 11.3 Å². The van der Waals surface area contributed by atoms with Crippen LogP contribution in [0, 0.1) is 0 Å². The molecule has 5 heteroatoms. The van der Waals surface area contributed by atoms with Gasteiger partial charge in [0, 0.05) is 17.0 Å². The minimum Gasteiger partial charge on any atom is -0.392 e. The first-order chi connectivity index (χ1) is 9.79. The molecule has 4 nitrogen and oxygen atoms in total. The molecule has 1 aromatic rings. The van der Waals surface area contributed by atoms with E-state index in [9.17, 15) is 9.90 Å². The highest BCUT2D eigenvalue weighted by Gasteiger charge is 2.39. The van der Waals surface area contributed by atoms with Gasteiger partial charge in [-0.25, -0.2) is 0 Å². The minimum atomic E-state index is -0.927. The molecular formula is C16H26N2O2S. The van der Waals surface area contributed by atoms with Crippen LogP contribution in [0.5, 0.6) is 0 Å². The normalized spacial score (nSPS) is 17.2. The Labute approximate surface area is 131 Å². The van der Waals surface area contributed by atoms with Crippen LogP contribution in [0.1, 0.15) is 33.3 Å². The first-order valence-corrected chi connectivity index (χ1v) is 8.27. The summed E-state index contributed by atoms with van der Waals surface area (Å²) in [5, 5.41) is 13.0. The van der Waals surface area contributed by atoms with E-state index in [1.807, 2.05) is 51.1 Å². The van der Waals surface area contributed by atoms with E-state index in [1.165, 1.54) is 0 Å². The summed E-state index contributed by atoms with van der Waals surface area (Å²) in [6, 6.07) is 9.65. The molecule has 0 heterocycles. The molecule has 3 unspecified atom stereocenters. The number of rotatable bonds is 8. The lowest BCUT2D eigenvalue weighted by Gasteiger charge is -2.35. The minimum absolute atomic E-state index is 0.0291. The van der Waals surface area contributed by atoms with Crippen LogP contribution in [0.2, 0.25) is 0 Å². The molecule has 0 saturated carbocycles. The topological polar surface area (TPSA) is 75.3 Å². The zero-order valence-electron chi connectivity index (χ0n) is 13.2. The van der Waals surface area contributed by atoms with Crippen LogP contribution in [-0.2, 0) is 10.3 Å². The third-order valence-electron chi connectivity index (χ3n) is 3.46. The first-order valence-electron chi connectivity index (χ1n) is 7.22. The van der Waals surface area contributed by atoms with Gasteiger partial charge in [-0.3, -0.25) is 10.1 Å². The van der Waals surface area contributed by atoms with Crippen molar-refractivity contribution >= 4 is 17.7 Å². The quantitative estimate of drug-likeness (QED) is 0.685. The number of thioether (sulfide) groups is 1. The van der Waals surface area contributed by atoms with Crippen LogP contribution in [0.15, 0.2) is 30.3 Å². The van der Waals surface area contributed by atoms with E-state index in [0.717, 1.165) is 5.56 Å². The summed E-state index contributed by atoms with van der Waals surface area (Å²) in [4.78, 5) is 12.2. The number of nitrogens with two attached hydrogens (primary N) is 1. The fourth-order valence-electron chi connectivity index (χ4n) is 2.10. The molecule has 118 valence electrons. The van der Waals surface area contributed by atoms with E-state index in [1.54, 1.807) is 18.7 Å². The van der Waals surface area contributed by atoms with E-state index >= 15 is 0 Å². The van der Waals surface area contributed by atoms with Gasteiger partial charge in [0.15, 0.2) is 0 Å². The van der Waals surface area contributed by atoms with Crippen LogP contribution in [0.4, 0.5) is 0 Å². The van der Waals surface area contributed by atoms with Gasteiger partial charge in [-0.2, -0.15) is 11.8 Å². The van der Waals surface area contributed by atoms with E-state index in [4.69, 9.17) is 5.73 Å². The molecule has 0 bridgehead atoms. The summed E-state index contributed by atoms with van der Waals surface area (Å²) >= 11 is 1.54. The Morgan fingerprint density at radius 1 is 1.29 bits per heavy atom. The average molecular weight is 310 g/mol. The van der Waals surface area contributed by atoms with Gasteiger partial charge < -0.3 is 10.8 Å². The zero-order chi connectivity index (χ0) is 16.0. The van der Waals surface area contributed by atoms with Gasteiger partial charge in [0.25, 0.3) is 0 Å². The smallest absolute Gasteiger partial charge is 0.243 e. The van der Waals surface area contributed by atoms with Gasteiger partial charge in [-0.15, -0.1) is 0 Å². The number of hydrogen-bond donors (Lipinski definition) is 3. The van der Waals surface area contributed by atoms with Gasteiger partial charge in [0.05, 0.1) is 6.10 Å². The Kier molecular flexibility index (Phi) is 6.71. The number of amides is 1. The number of benzene rings is 1. The fourth-order valence-corrected chi connectivity index (χ4v) is 3.29. The van der Waals surface area contributed by atoms with Crippen molar-refractivity contribution in [2.75, 3.05) is 5.75 Å². The molecule has 0 aromatic heterocycles. The summed E-state index contributed by atoms with van der Waals surface area (Å²) in [6.07, 6.45) is -0.435. The lowest BCUT2D eigenvalue weighted by molar-refractivity contribution is -0.124. The largest absolute Gasteiger partial charge is 0.392 e. The Morgan fingerprint density at radius 3 is 2.29 bits per heavy atom. The average Bonchev–Trinajstić information content (AvgIpc) is 2.43. The molecule has 21 heavy (non-hydrogen) atoms. The first kappa shape index (κ1) is 18.0. The van der Waals surface area contributed by atoms with Gasteiger partial charge in [0.2, 0.25) is 5.91 Å². The van der Waals surface area contributed by atoms with Crippen LogP contribution in [-0.4, -0.2) is 34.2 Å². The van der Waals surface area contributed by atoms with Crippen LogP contribution in [0.3, 0.4) is 0 Å². The number of aliphatic hydroxyl groups excluding tert-OH is 1. The number of hydrogen-bond acceptors (Lipinski definition) is 4. The highest BCUT2D eigenvalue weighted by Crippen LogP contribution is 2.29. The summed E-state index contributed by atoms with van der Waals surface area (Å²) < 4.78 is 0.